The zero-order valence-corrected chi connectivity index (χ0v) is 5.64. The van der Waals surface area contributed by atoms with Crippen LogP contribution in [0.3, 0.4) is 0 Å². The Labute approximate surface area is 55.4 Å². The van der Waals surface area contributed by atoms with E-state index in [1.165, 1.54) is 0 Å². The molecule has 0 aliphatic rings. The molecule has 3 heteroatoms. The standard InChI is InChI=1S/C6H12NO2/c1-3-4-9-5-6(8)7-2/h1,3-5H2,2H3,(H,7,8). The first kappa shape index (κ1) is 8.43. The van der Waals surface area contributed by atoms with Gasteiger partial charge < -0.3 is 10.1 Å². The van der Waals surface area contributed by atoms with Crippen LogP contribution in [0.1, 0.15) is 6.42 Å². The molecule has 0 aromatic rings. The number of likely N-dealkylation sites (N-methyl/N-ethyl adjacent to an activating group) is 1. The lowest BCUT2D eigenvalue weighted by molar-refractivity contribution is -0.125. The van der Waals surface area contributed by atoms with Gasteiger partial charge in [0, 0.05) is 13.7 Å². The molecule has 0 bridgehead atoms. The molecule has 1 radical (unpaired) electrons. The molecule has 0 aliphatic heterocycles. The van der Waals surface area contributed by atoms with Crippen molar-refractivity contribution in [3.05, 3.63) is 6.92 Å². The van der Waals surface area contributed by atoms with Crippen LogP contribution in [0.4, 0.5) is 0 Å². The molecule has 0 unspecified atom stereocenters. The molecule has 0 saturated heterocycles. The summed E-state index contributed by atoms with van der Waals surface area (Å²) in [6.07, 6.45) is 0.705. The van der Waals surface area contributed by atoms with E-state index in [2.05, 4.69) is 12.2 Å². The van der Waals surface area contributed by atoms with Crippen molar-refractivity contribution in [1.82, 2.24) is 5.32 Å². The van der Waals surface area contributed by atoms with E-state index < -0.39 is 0 Å². The number of nitrogens with one attached hydrogen (secondary N) is 1. The second kappa shape index (κ2) is 5.56. The topological polar surface area (TPSA) is 38.3 Å². The summed E-state index contributed by atoms with van der Waals surface area (Å²) >= 11 is 0. The molecule has 9 heavy (non-hydrogen) atoms. The van der Waals surface area contributed by atoms with Gasteiger partial charge in [-0.25, -0.2) is 0 Å². The highest BCUT2D eigenvalue weighted by atomic mass is 16.5. The van der Waals surface area contributed by atoms with Gasteiger partial charge in [0.15, 0.2) is 0 Å². The van der Waals surface area contributed by atoms with Crippen LogP contribution in [0.25, 0.3) is 0 Å². The van der Waals surface area contributed by atoms with Crippen LogP contribution in [0, 0.1) is 6.92 Å². The van der Waals surface area contributed by atoms with E-state index in [4.69, 9.17) is 4.74 Å². The van der Waals surface area contributed by atoms with E-state index in [9.17, 15) is 4.79 Å². The monoisotopic (exact) mass is 130 g/mol. The molecule has 0 aromatic carbocycles. The van der Waals surface area contributed by atoms with Gasteiger partial charge in [-0.05, 0) is 6.42 Å². The van der Waals surface area contributed by atoms with Crippen LogP contribution in [0.2, 0.25) is 0 Å². The Hall–Kier alpha value is -0.570. The lowest BCUT2D eigenvalue weighted by Gasteiger charge is -1.98. The Morgan fingerprint density at radius 2 is 2.44 bits per heavy atom. The van der Waals surface area contributed by atoms with Crippen LogP contribution < -0.4 is 5.32 Å². The third-order valence-electron chi connectivity index (χ3n) is 0.801. The number of carbonyl (C=O) groups excluding carboxylic acids is 1. The predicted octanol–water partition coefficient (Wildman–Crippen LogP) is -0.0268. The Morgan fingerprint density at radius 1 is 1.78 bits per heavy atom. The fourth-order valence-electron chi connectivity index (χ4n) is 0.339. The van der Waals surface area contributed by atoms with Crippen molar-refractivity contribution < 1.29 is 9.53 Å². The van der Waals surface area contributed by atoms with E-state index in [0.717, 1.165) is 0 Å². The van der Waals surface area contributed by atoms with Gasteiger partial charge in [0.1, 0.15) is 6.61 Å². The van der Waals surface area contributed by atoms with Gasteiger partial charge in [-0.3, -0.25) is 4.79 Å². The molecular weight excluding hydrogens is 118 g/mol. The van der Waals surface area contributed by atoms with Gasteiger partial charge in [-0.1, -0.05) is 6.92 Å². The first-order valence-corrected chi connectivity index (χ1v) is 2.89. The van der Waals surface area contributed by atoms with Crippen LogP contribution in [0.5, 0.6) is 0 Å². The summed E-state index contributed by atoms with van der Waals surface area (Å²) in [6, 6.07) is 0. The van der Waals surface area contributed by atoms with E-state index in [0.29, 0.717) is 13.0 Å². The minimum absolute atomic E-state index is 0.0940. The summed E-state index contributed by atoms with van der Waals surface area (Å²) < 4.78 is 4.86. The molecule has 0 heterocycles. The van der Waals surface area contributed by atoms with Crippen molar-refractivity contribution >= 4 is 5.91 Å². The third kappa shape index (κ3) is 5.30. The molecular formula is C6H12NO2. The summed E-state index contributed by atoms with van der Waals surface area (Å²) in [4.78, 5) is 10.4. The van der Waals surface area contributed by atoms with Gasteiger partial charge in [0.05, 0.1) is 0 Å². The lowest BCUT2D eigenvalue weighted by atomic mass is 10.5. The Morgan fingerprint density at radius 3 is 2.89 bits per heavy atom. The molecule has 3 nitrogen and oxygen atoms in total. The van der Waals surface area contributed by atoms with Crippen LogP contribution >= 0.6 is 0 Å². The number of hydrogen-bond donors (Lipinski definition) is 1. The summed E-state index contributed by atoms with van der Waals surface area (Å²) in [6.45, 7) is 4.25. The summed E-state index contributed by atoms with van der Waals surface area (Å²) in [5.74, 6) is -0.0940. The maximum Gasteiger partial charge on any atom is 0.245 e. The van der Waals surface area contributed by atoms with Crippen molar-refractivity contribution in [2.24, 2.45) is 0 Å². The highest BCUT2D eigenvalue weighted by Crippen LogP contribution is 1.77. The summed E-state index contributed by atoms with van der Waals surface area (Å²) in [5, 5.41) is 2.44. The highest BCUT2D eigenvalue weighted by molar-refractivity contribution is 5.76. The highest BCUT2D eigenvalue weighted by Gasteiger charge is 1.93. The molecule has 0 saturated carbocycles. The van der Waals surface area contributed by atoms with Crippen LogP contribution in [-0.2, 0) is 9.53 Å². The molecule has 1 N–H and O–H groups in total. The van der Waals surface area contributed by atoms with Crippen LogP contribution in [-0.4, -0.2) is 26.2 Å². The number of carbonyl (C=O) groups is 1. The van der Waals surface area contributed by atoms with Gasteiger partial charge in [0.2, 0.25) is 5.91 Å². The Bertz CT molecular complexity index is 83.1. The van der Waals surface area contributed by atoms with E-state index in [1.807, 2.05) is 0 Å². The number of rotatable bonds is 4. The smallest absolute Gasteiger partial charge is 0.245 e. The van der Waals surface area contributed by atoms with E-state index in [-0.39, 0.29) is 12.5 Å². The average molecular weight is 130 g/mol. The maximum atomic E-state index is 10.4. The lowest BCUT2D eigenvalue weighted by Crippen LogP contribution is -2.23. The summed E-state index contributed by atoms with van der Waals surface area (Å²) in [7, 11) is 1.58. The third-order valence-corrected chi connectivity index (χ3v) is 0.801. The zero-order valence-electron chi connectivity index (χ0n) is 5.64. The minimum atomic E-state index is -0.0940. The molecule has 0 fully saturated rings. The molecule has 53 valence electrons. The maximum absolute atomic E-state index is 10.4. The number of hydrogen-bond acceptors (Lipinski definition) is 2. The second-order valence-corrected chi connectivity index (χ2v) is 1.58. The predicted molar refractivity (Wildman–Crippen MR) is 34.9 cm³/mol. The van der Waals surface area contributed by atoms with Crippen molar-refractivity contribution in [3.8, 4) is 0 Å². The van der Waals surface area contributed by atoms with Gasteiger partial charge >= 0.3 is 0 Å². The normalized spacial score (nSPS) is 9.11. The van der Waals surface area contributed by atoms with Crippen molar-refractivity contribution in [2.45, 2.75) is 6.42 Å². The second-order valence-electron chi connectivity index (χ2n) is 1.58. The van der Waals surface area contributed by atoms with Gasteiger partial charge in [-0.2, -0.15) is 0 Å². The zero-order chi connectivity index (χ0) is 7.11. The minimum Gasteiger partial charge on any atom is -0.372 e. The average Bonchev–Trinajstić information content (AvgIpc) is 1.89. The molecule has 0 rings (SSSR count). The SMILES string of the molecule is [CH2]CCOCC(=O)NC. The Balaban J connectivity index is 2.97. The van der Waals surface area contributed by atoms with Gasteiger partial charge in [0.25, 0.3) is 0 Å². The molecule has 0 spiro atoms. The van der Waals surface area contributed by atoms with Crippen molar-refractivity contribution in [2.75, 3.05) is 20.3 Å². The first-order chi connectivity index (χ1) is 4.31. The van der Waals surface area contributed by atoms with Gasteiger partial charge in [-0.15, -0.1) is 0 Å². The summed E-state index contributed by atoms with van der Waals surface area (Å²) in [5.41, 5.74) is 0. The largest absolute Gasteiger partial charge is 0.372 e. The fraction of sp³-hybridized carbons (Fsp3) is 0.667. The van der Waals surface area contributed by atoms with Crippen molar-refractivity contribution in [1.29, 1.82) is 0 Å². The fourth-order valence-corrected chi connectivity index (χ4v) is 0.339. The quantitative estimate of drug-likeness (QED) is 0.543. The van der Waals surface area contributed by atoms with Crippen LogP contribution in [0.15, 0.2) is 0 Å². The first-order valence-electron chi connectivity index (χ1n) is 2.89. The number of amides is 1. The van der Waals surface area contributed by atoms with E-state index in [1.54, 1.807) is 7.05 Å². The number of ether oxygens (including phenoxy) is 1. The molecule has 0 atom stereocenters. The molecule has 0 aromatic heterocycles. The van der Waals surface area contributed by atoms with Crippen molar-refractivity contribution in [3.63, 3.8) is 0 Å². The van der Waals surface area contributed by atoms with E-state index >= 15 is 0 Å². The molecule has 1 amide bonds. The molecule has 0 aliphatic carbocycles. The Kier molecular flexibility index (Phi) is 5.21.